The van der Waals surface area contributed by atoms with Crippen molar-refractivity contribution in [2.75, 3.05) is 38.2 Å². The minimum absolute atomic E-state index is 0.0404. The number of carbonyl (C=O) groups is 1. The fourth-order valence-corrected chi connectivity index (χ4v) is 5.88. The molecule has 2 aromatic heterocycles. The SMILES string of the molecule is COc1ccc(N2CCN([C@H](c3cccs3)[C@@H](C)NC(=O)Cc3cccs3)CC2)cc1. The molecule has 1 amide bonds. The number of nitrogens with zero attached hydrogens (tertiary/aromatic N) is 2. The van der Waals surface area contributed by atoms with E-state index in [-0.39, 0.29) is 18.0 Å². The number of ether oxygens (including phenoxy) is 1. The molecule has 31 heavy (non-hydrogen) atoms. The van der Waals surface area contributed by atoms with Gasteiger partial charge in [-0.05, 0) is 54.1 Å². The van der Waals surface area contributed by atoms with Crippen LogP contribution in [-0.2, 0) is 11.2 Å². The molecule has 0 unspecified atom stereocenters. The summed E-state index contributed by atoms with van der Waals surface area (Å²) in [4.78, 5) is 20.0. The van der Waals surface area contributed by atoms with Gasteiger partial charge in [-0.15, -0.1) is 22.7 Å². The molecule has 1 aromatic carbocycles. The summed E-state index contributed by atoms with van der Waals surface area (Å²) in [6.07, 6.45) is 0.449. The first-order valence-electron chi connectivity index (χ1n) is 10.6. The number of nitrogens with one attached hydrogen (secondary N) is 1. The van der Waals surface area contributed by atoms with Crippen molar-refractivity contribution in [1.82, 2.24) is 10.2 Å². The van der Waals surface area contributed by atoms with Gasteiger partial charge in [0.25, 0.3) is 0 Å². The molecule has 1 saturated heterocycles. The van der Waals surface area contributed by atoms with Crippen molar-refractivity contribution in [3.05, 3.63) is 69.0 Å². The minimum atomic E-state index is 0.0404. The molecule has 2 atom stereocenters. The molecule has 0 saturated carbocycles. The van der Waals surface area contributed by atoms with E-state index in [9.17, 15) is 4.79 Å². The van der Waals surface area contributed by atoms with Crippen LogP contribution < -0.4 is 15.0 Å². The number of rotatable bonds is 8. The Morgan fingerprint density at radius 3 is 2.35 bits per heavy atom. The van der Waals surface area contributed by atoms with Gasteiger partial charge < -0.3 is 15.0 Å². The van der Waals surface area contributed by atoms with Crippen LogP contribution in [0.3, 0.4) is 0 Å². The van der Waals surface area contributed by atoms with Gasteiger partial charge in [-0.3, -0.25) is 9.69 Å². The maximum absolute atomic E-state index is 12.6. The smallest absolute Gasteiger partial charge is 0.225 e. The lowest BCUT2D eigenvalue weighted by molar-refractivity contribution is -0.121. The maximum atomic E-state index is 12.6. The Labute approximate surface area is 192 Å². The fourth-order valence-electron chi connectivity index (χ4n) is 4.21. The molecule has 164 valence electrons. The van der Waals surface area contributed by atoms with Crippen LogP contribution in [0, 0.1) is 0 Å². The summed E-state index contributed by atoms with van der Waals surface area (Å²) in [5.41, 5.74) is 1.23. The lowest BCUT2D eigenvalue weighted by atomic mass is 10.0. The van der Waals surface area contributed by atoms with E-state index in [1.165, 1.54) is 10.6 Å². The highest BCUT2D eigenvalue weighted by Crippen LogP contribution is 2.30. The number of piperazine rings is 1. The van der Waals surface area contributed by atoms with Crippen LogP contribution >= 0.6 is 22.7 Å². The van der Waals surface area contributed by atoms with Crippen LogP contribution in [0.2, 0.25) is 0 Å². The number of anilines is 1. The predicted octanol–water partition coefficient (Wildman–Crippen LogP) is 4.43. The molecule has 0 spiro atoms. The molecule has 1 aliphatic heterocycles. The first-order chi connectivity index (χ1) is 15.1. The van der Waals surface area contributed by atoms with Crippen LogP contribution in [0.4, 0.5) is 5.69 Å². The Balaban J connectivity index is 1.40. The Bertz CT molecular complexity index is 934. The zero-order chi connectivity index (χ0) is 21.6. The summed E-state index contributed by atoms with van der Waals surface area (Å²) in [6.45, 7) is 5.97. The van der Waals surface area contributed by atoms with Gasteiger partial charge in [0.05, 0.1) is 19.6 Å². The molecule has 0 bridgehead atoms. The third-order valence-corrected chi connectivity index (χ3v) is 7.58. The second-order valence-electron chi connectivity index (χ2n) is 7.79. The average Bonchev–Trinajstić information content (AvgIpc) is 3.49. The summed E-state index contributed by atoms with van der Waals surface area (Å²) in [6, 6.07) is 16.8. The predicted molar refractivity (Wildman–Crippen MR) is 129 cm³/mol. The van der Waals surface area contributed by atoms with Crippen LogP contribution in [0.15, 0.2) is 59.3 Å². The van der Waals surface area contributed by atoms with E-state index in [1.807, 2.05) is 29.6 Å². The molecule has 1 aliphatic rings. The van der Waals surface area contributed by atoms with Gasteiger partial charge in [0.1, 0.15) is 5.75 Å². The van der Waals surface area contributed by atoms with E-state index in [1.54, 1.807) is 29.8 Å². The number of hydrogen-bond acceptors (Lipinski definition) is 6. The molecular formula is C24H29N3O2S2. The second-order valence-corrected chi connectivity index (χ2v) is 9.81. The van der Waals surface area contributed by atoms with Crippen molar-refractivity contribution < 1.29 is 9.53 Å². The van der Waals surface area contributed by atoms with Crippen molar-refractivity contribution in [2.45, 2.75) is 25.4 Å². The summed E-state index contributed by atoms with van der Waals surface area (Å²) < 4.78 is 5.28. The molecule has 0 aliphatic carbocycles. The van der Waals surface area contributed by atoms with E-state index in [0.29, 0.717) is 6.42 Å². The molecule has 5 nitrogen and oxygen atoms in total. The van der Waals surface area contributed by atoms with E-state index in [4.69, 9.17) is 4.74 Å². The molecule has 1 fully saturated rings. The van der Waals surface area contributed by atoms with Crippen LogP contribution in [0.5, 0.6) is 5.75 Å². The number of hydrogen-bond donors (Lipinski definition) is 1. The van der Waals surface area contributed by atoms with Gasteiger partial charge in [0.2, 0.25) is 5.91 Å². The zero-order valence-electron chi connectivity index (χ0n) is 18.0. The highest BCUT2D eigenvalue weighted by molar-refractivity contribution is 7.10. The standard InChI is InChI=1S/C24H29N3O2S2/c1-18(25-23(28)17-21-5-3-15-30-21)24(22-6-4-16-31-22)27-13-11-26(12-14-27)19-7-9-20(29-2)10-8-19/h3-10,15-16,18,24H,11-14,17H2,1-2H3,(H,25,28)/t18-,24+/m1/s1. The molecule has 1 N–H and O–H groups in total. The number of thiophene rings is 2. The van der Waals surface area contributed by atoms with Gasteiger partial charge >= 0.3 is 0 Å². The lowest BCUT2D eigenvalue weighted by Crippen LogP contribution is -2.52. The number of benzene rings is 1. The number of methoxy groups -OCH3 is 1. The maximum Gasteiger partial charge on any atom is 0.225 e. The largest absolute Gasteiger partial charge is 0.497 e. The Hall–Kier alpha value is -2.35. The molecule has 3 heterocycles. The molecule has 0 radical (unpaired) electrons. The van der Waals surface area contributed by atoms with E-state index < -0.39 is 0 Å². The first-order valence-corrected chi connectivity index (χ1v) is 12.4. The minimum Gasteiger partial charge on any atom is -0.497 e. The second kappa shape index (κ2) is 10.3. The summed E-state index contributed by atoms with van der Waals surface area (Å²) in [7, 11) is 1.69. The topological polar surface area (TPSA) is 44.8 Å². The molecule has 7 heteroatoms. The lowest BCUT2D eigenvalue weighted by Gasteiger charge is -2.42. The van der Waals surface area contributed by atoms with Gasteiger partial charge in [-0.1, -0.05) is 12.1 Å². The molecular weight excluding hydrogens is 426 g/mol. The van der Waals surface area contributed by atoms with Crippen molar-refractivity contribution in [2.24, 2.45) is 0 Å². The Morgan fingerprint density at radius 2 is 1.74 bits per heavy atom. The van der Waals surface area contributed by atoms with Crippen LogP contribution in [0.1, 0.15) is 22.7 Å². The van der Waals surface area contributed by atoms with Gasteiger partial charge in [0, 0.05) is 47.7 Å². The van der Waals surface area contributed by atoms with Crippen molar-refractivity contribution >= 4 is 34.3 Å². The zero-order valence-corrected chi connectivity index (χ0v) is 19.6. The monoisotopic (exact) mass is 455 g/mol. The van der Waals surface area contributed by atoms with Crippen molar-refractivity contribution in [3.63, 3.8) is 0 Å². The van der Waals surface area contributed by atoms with E-state index >= 15 is 0 Å². The first kappa shape index (κ1) is 21.9. The van der Waals surface area contributed by atoms with Gasteiger partial charge in [-0.2, -0.15) is 0 Å². The third-order valence-electron chi connectivity index (χ3n) is 5.76. The average molecular weight is 456 g/mol. The normalized spacial score (nSPS) is 16.6. The van der Waals surface area contributed by atoms with Crippen LogP contribution in [0.25, 0.3) is 0 Å². The Morgan fingerprint density at radius 1 is 1.03 bits per heavy atom. The van der Waals surface area contributed by atoms with Crippen LogP contribution in [-0.4, -0.2) is 50.1 Å². The molecule has 3 aromatic rings. The number of carbonyl (C=O) groups excluding carboxylic acids is 1. The van der Waals surface area contributed by atoms with E-state index in [2.05, 4.69) is 51.7 Å². The van der Waals surface area contributed by atoms with Gasteiger partial charge in [-0.25, -0.2) is 0 Å². The highest BCUT2D eigenvalue weighted by Gasteiger charge is 2.31. The Kier molecular flexibility index (Phi) is 7.27. The van der Waals surface area contributed by atoms with Gasteiger partial charge in [0.15, 0.2) is 0 Å². The third kappa shape index (κ3) is 5.47. The van der Waals surface area contributed by atoms with E-state index in [0.717, 1.165) is 36.8 Å². The van der Waals surface area contributed by atoms with Crippen molar-refractivity contribution in [1.29, 1.82) is 0 Å². The summed E-state index contributed by atoms with van der Waals surface area (Å²) >= 11 is 3.40. The summed E-state index contributed by atoms with van der Waals surface area (Å²) in [5.74, 6) is 0.973. The highest BCUT2D eigenvalue weighted by atomic mass is 32.1. The number of amides is 1. The molecule has 4 rings (SSSR count). The summed E-state index contributed by atoms with van der Waals surface area (Å²) in [5, 5.41) is 7.40. The fraction of sp³-hybridized carbons (Fsp3) is 0.375. The van der Waals surface area contributed by atoms with Crippen molar-refractivity contribution in [3.8, 4) is 5.75 Å². The quantitative estimate of drug-likeness (QED) is 0.546.